The number of aromatic nitrogens is 1. The van der Waals surface area contributed by atoms with Crippen molar-refractivity contribution < 1.29 is 0 Å². The number of hydrogen-bond acceptors (Lipinski definition) is 2. The molecule has 4 heteroatoms. The first-order chi connectivity index (χ1) is 9.15. The number of nitrogens with zero attached hydrogens (tertiary/aromatic N) is 2. The van der Waals surface area contributed by atoms with E-state index in [2.05, 4.69) is 48.0 Å². The van der Waals surface area contributed by atoms with Gasteiger partial charge in [-0.15, -0.1) is 11.6 Å². The fourth-order valence-corrected chi connectivity index (χ4v) is 2.36. The number of halogens is 2. The van der Waals surface area contributed by atoms with Crippen LogP contribution >= 0.6 is 23.2 Å². The Morgan fingerprint density at radius 1 is 1.21 bits per heavy atom. The van der Waals surface area contributed by atoms with Crippen molar-refractivity contribution in [1.29, 1.82) is 0 Å². The average molecular weight is 295 g/mol. The Morgan fingerprint density at radius 3 is 2.42 bits per heavy atom. The topological polar surface area (TPSA) is 16.1 Å². The first-order valence-corrected chi connectivity index (χ1v) is 7.11. The smallest absolute Gasteiger partial charge is 0.151 e. The summed E-state index contributed by atoms with van der Waals surface area (Å²) in [6, 6.07) is 10.2. The van der Waals surface area contributed by atoms with E-state index >= 15 is 0 Å². The molecule has 0 aliphatic rings. The fourth-order valence-electron chi connectivity index (χ4n) is 1.92. The highest BCUT2D eigenvalue weighted by Gasteiger charge is 2.12. The van der Waals surface area contributed by atoms with E-state index in [9.17, 15) is 0 Å². The van der Waals surface area contributed by atoms with Crippen LogP contribution in [0.2, 0.25) is 5.02 Å². The normalized spacial score (nSPS) is 10.5. The molecule has 1 aromatic heterocycles. The Hall–Kier alpha value is -1.25. The third-order valence-electron chi connectivity index (χ3n) is 2.95. The van der Waals surface area contributed by atoms with Crippen LogP contribution in [-0.2, 0) is 5.88 Å². The summed E-state index contributed by atoms with van der Waals surface area (Å²) in [7, 11) is 0. The van der Waals surface area contributed by atoms with Crippen LogP contribution in [0.25, 0.3) is 0 Å². The minimum atomic E-state index is 0.420. The molecular formula is C15H16Cl2N2. The van der Waals surface area contributed by atoms with Gasteiger partial charge in [-0.05, 0) is 37.6 Å². The van der Waals surface area contributed by atoms with Gasteiger partial charge in [0, 0.05) is 24.3 Å². The fraction of sp³-hybridized carbons (Fsp3) is 0.267. The van der Waals surface area contributed by atoms with Crippen LogP contribution in [0.5, 0.6) is 0 Å². The number of alkyl halides is 1. The Morgan fingerprint density at radius 2 is 1.89 bits per heavy atom. The van der Waals surface area contributed by atoms with E-state index in [1.807, 2.05) is 6.07 Å². The number of benzene rings is 1. The Kier molecular flexibility index (Phi) is 4.67. The van der Waals surface area contributed by atoms with Crippen LogP contribution in [0, 0.1) is 6.92 Å². The van der Waals surface area contributed by atoms with Crippen molar-refractivity contribution >= 4 is 34.7 Å². The summed E-state index contributed by atoms with van der Waals surface area (Å²) in [5.41, 5.74) is 3.24. The lowest BCUT2D eigenvalue weighted by atomic mass is 10.2. The van der Waals surface area contributed by atoms with Crippen LogP contribution < -0.4 is 4.90 Å². The lowest BCUT2D eigenvalue weighted by molar-refractivity contribution is 0.986. The van der Waals surface area contributed by atoms with Gasteiger partial charge in [-0.1, -0.05) is 29.3 Å². The molecule has 0 spiro atoms. The molecule has 0 bridgehead atoms. The predicted octanol–water partition coefficient (Wildman–Crippen LogP) is 4.94. The number of aryl methyl sites for hydroxylation is 1. The third-order valence-corrected chi connectivity index (χ3v) is 3.54. The van der Waals surface area contributed by atoms with Crippen molar-refractivity contribution in [3.05, 3.63) is 52.7 Å². The second kappa shape index (κ2) is 6.27. The summed E-state index contributed by atoms with van der Waals surface area (Å²) in [5, 5.41) is 0.626. The average Bonchev–Trinajstić information content (AvgIpc) is 2.43. The maximum atomic E-state index is 6.30. The Bertz CT molecular complexity index is 553. The van der Waals surface area contributed by atoms with Crippen molar-refractivity contribution in [3.8, 4) is 0 Å². The molecule has 0 saturated heterocycles. The summed E-state index contributed by atoms with van der Waals surface area (Å²) < 4.78 is 0. The zero-order valence-electron chi connectivity index (χ0n) is 11.0. The van der Waals surface area contributed by atoms with Crippen LogP contribution in [0.15, 0.2) is 36.5 Å². The molecule has 19 heavy (non-hydrogen) atoms. The van der Waals surface area contributed by atoms with Crippen LogP contribution in [-0.4, -0.2) is 11.5 Å². The molecule has 0 fully saturated rings. The van der Waals surface area contributed by atoms with Gasteiger partial charge >= 0.3 is 0 Å². The molecule has 2 nitrogen and oxygen atoms in total. The number of hydrogen-bond donors (Lipinski definition) is 0. The SMILES string of the molecule is CCN(c1ccc(C)cc1)c1ncc(CCl)cc1Cl. The van der Waals surface area contributed by atoms with Gasteiger partial charge in [0.1, 0.15) is 0 Å². The first-order valence-electron chi connectivity index (χ1n) is 6.20. The highest BCUT2D eigenvalue weighted by atomic mass is 35.5. The van der Waals surface area contributed by atoms with Gasteiger partial charge in [0.2, 0.25) is 0 Å². The van der Waals surface area contributed by atoms with Gasteiger partial charge in [-0.3, -0.25) is 0 Å². The summed E-state index contributed by atoms with van der Waals surface area (Å²) in [5.74, 6) is 1.19. The van der Waals surface area contributed by atoms with E-state index in [1.54, 1.807) is 6.20 Å². The predicted molar refractivity (Wildman–Crippen MR) is 82.7 cm³/mol. The molecule has 0 aliphatic carbocycles. The molecule has 2 aromatic rings. The zero-order valence-corrected chi connectivity index (χ0v) is 12.5. The number of rotatable bonds is 4. The van der Waals surface area contributed by atoms with Gasteiger partial charge in [-0.25, -0.2) is 4.98 Å². The summed E-state index contributed by atoms with van der Waals surface area (Å²) >= 11 is 12.1. The van der Waals surface area contributed by atoms with E-state index in [0.717, 1.165) is 23.6 Å². The molecule has 0 unspecified atom stereocenters. The molecule has 0 radical (unpaired) electrons. The van der Waals surface area contributed by atoms with Crippen molar-refractivity contribution in [2.75, 3.05) is 11.4 Å². The summed E-state index contributed by atoms with van der Waals surface area (Å²) in [6.07, 6.45) is 1.77. The standard InChI is InChI=1S/C15H16Cl2N2/c1-3-19(13-6-4-11(2)5-7-13)15-14(17)8-12(9-16)10-18-15/h4-8,10H,3,9H2,1-2H3. The van der Waals surface area contributed by atoms with Crippen molar-refractivity contribution in [2.45, 2.75) is 19.7 Å². The highest BCUT2D eigenvalue weighted by molar-refractivity contribution is 6.33. The van der Waals surface area contributed by atoms with E-state index in [0.29, 0.717) is 10.9 Å². The van der Waals surface area contributed by atoms with E-state index in [1.165, 1.54) is 5.56 Å². The lowest BCUT2D eigenvalue weighted by Crippen LogP contribution is -2.17. The maximum absolute atomic E-state index is 6.30. The highest BCUT2D eigenvalue weighted by Crippen LogP contribution is 2.30. The molecule has 2 rings (SSSR count). The largest absolute Gasteiger partial charge is 0.325 e. The van der Waals surface area contributed by atoms with Gasteiger partial charge < -0.3 is 4.90 Å². The first kappa shape index (κ1) is 14.2. The molecule has 0 aliphatic heterocycles. The second-order valence-electron chi connectivity index (χ2n) is 4.36. The third kappa shape index (κ3) is 3.20. The van der Waals surface area contributed by atoms with Gasteiger partial charge in [0.25, 0.3) is 0 Å². The quantitative estimate of drug-likeness (QED) is 0.743. The number of anilines is 2. The number of pyridine rings is 1. The maximum Gasteiger partial charge on any atom is 0.151 e. The van der Waals surface area contributed by atoms with Crippen LogP contribution in [0.4, 0.5) is 11.5 Å². The summed E-state index contributed by atoms with van der Waals surface area (Å²) in [4.78, 5) is 6.51. The minimum Gasteiger partial charge on any atom is -0.325 e. The van der Waals surface area contributed by atoms with E-state index in [-0.39, 0.29) is 0 Å². The van der Waals surface area contributed by atoms with E-state index in [4.69, 9.17) is 23.2 Å². The molecule has 100 valence electrons. The second-order valence-corrected chi connectivity index (χ2v) is 5.04. The van der Waals surface area contributed by atoms with Crippen molar-refractivity contribution in [3.63, 3.8) is 0 Å². The van der Waals surface area contributed by atoms with Crippen LogP contribution in [0.1, 0.15) is 18.1 Å². The molecule has 0 atom stereocenters. The van der Waals surface area contributed by atoms with Crippen molar-refractivity contribution in [2.24, 2.45) is 0 Å². The lowest BCUT2D eigenvalue weighted by Gasteiger charge is -2.23. The molecule has 1 aromatic carbocycles. The summed E-state index contributed by atoms with van der Waals surface area (Å²) in [6.45, 7) is 4.95. The Labute approximate surface area is 124 Å². The van der Waals surface area contributed by atoms with Gasteiger partial charge in [0.15, 0.2) is 5.82 Å². The molecule has 0 N–H and O–H groups in total. The molecular weight excluding hydrogens is 279 g/mol. The van der Waals surface area contributed by atoms with Crippen LogP contribution in [0.3, 0.4) is 0 Å². The molecule has 0 saturated carbocycles. The van der Waals surface area contributed by atoms with Gasteiger partial charge in [0.05, 0.1) is 5.02 Å². The van der Waals surface area contributed by atoms with E-state index < -0.39 is 0 Å². The Balaban J connectivity index is 2.39. The van der Waals surface area contributed by atoms with Crippen molar-refractivity contribution in [1.82, 2.24) is 4.98 Å². The monoisotopic (exact) mass is 294 g/mol. The minimum absolute atomic E-state index is 0.420. The molecule has 1 heterocycles. The zero-order chi connectivity index (χ0) is 13.8. The van der Waals surface area contributed by atoms with Gasteiger partial charge in [-0.2, -0.15) is 0 Å². The molecule has 0 amide bonds.